The molecule has 0 N–H and O–H groups in total. The van der Waals surface area contributed by atoms with E-state index in [1.807, 2.05) is 0 Å². The molecule has 2 nitrogen and oxygen atoms in total. The molecule has 0 saturated heterocycles. The molecule has 0 aliphatic carbocycles. The molecule has 0 amide bonds. The highest BCUT2D eigenvalue weighted by Crippen LogP contribution is 2.16. The van der Waals surface area contributed by atoms with Gasteiger partial charge in [0.05, 0.1) is 13.1 Å². The molecule has 40 heavy (non-hydrogen) atoms. The zero-order valence-corrected chi connectivity index (χ0v) is 28.2. The van der Waals surface area contributed by atoms with Crippen molar-refractivity contribution < 1.29 is 4.57 Å². The van der Waals surface area contributed by atoms with Crippen molar-refractivity contribution in [2.45, 2.75) is 226 Å². The second kappa shape index (κ2) is 29.7. The van der Waals surface area contributed by atoms with Crippen molar-refractivity contribution >= 4 is 0 Å². The number of hydrogen-bond donors (Lipinski definition) is 0. The molecule has 0 aliphatic rings. The quantitative estimate of drug-likeness (QED) is 0.0613. The first-order chi connectivity index (χ1) is 19.8. The van der Waals surface area contributed by atoms with Gasteiger partial charge in [-0.3, -0.25) is 0 Å². The highest BCUT2D eigenvalue weighted by Gasteiger charge is 2.15. The van der Waals surface area contributed by atoms with E-state index < -0.39 is 0 Å². The minimum absolute atomic E-state index is 1.18. The van der Waals surface area contributed by atoms with E-state index >= 15 is 0 Å². The highest BCUT2D eigenvalue weighted by atomic mass is 15.1. The zero-order valence-electron chi connectivity index (χ0n) is 28.2. The summed E-state index contributed by atoms with van der Waals surface area (Å²) >= 11 is 0. The van der Waals surface area contributed by atoms with E-state index in [0.717, 1.165) is 0 Å². The molecule has 1 aromatic heterocycles. The summed E-state index contributed by atoms with van der Waals surface area (Å²) in [6, 6.07) is 0. The number of aromatic nitrogens is 2. The first-order valence-corrected chi connectivity index (χ1v) is 18.9. The second-order valence-corrected chi connectivity index (χ2v) is 13.0. The van der Waals surface area contributed by atoms with Crippen LogP contribution >= 0.6 is 0 Å². The maximum absolute atomic E-state index is 2.59. The zero-order chi connectivity index (χ0) is 28.8. The summed E-state index contributed by atoms with van der Waals surface area (Å²) < 4.78 is 5.14. The molecule has 0 fully saturated rings. The second-order valence-electron chi connectivity index (χ2n) is 13.0. The van der Waals surface area contributed by atoms with Crippen LogP contribution in [-0.4, -0.2) is 4.57 Å². The van der Waals surface area contributed by atoms with Gasteiger partial charge in [0.15, 0.2) is 0 Å². The molecule has 236 valence electrons. The van der Waals surface area contributed by atoms with Crippen LogP contribution in [0.3, 0.4) is 0 Å². The predicted octanol–water partition coefficient (Wildman–Crippen LogP) is 12.7. The van der Waals surface area contributed by atoms with Crippen molar-refractivity contribution in [2.75, 3.05) is 0 Å². The summed E-state index contributed by atoms with van der Waals surface area (Å²) in [5, 5.41) is 0. The minimum Gasteiger partial charge on any atom is -0.234 e. The summed E-state index contributed by atoms with van der Waals surface area (Å²) in [6.07, 6.45) is 47.6. The number of unbranched alkanes of at least 4 members (excludes halogenated alkanes) is 26. The van der Waals surface area contributed by atoms with Crippen LogP contribution in [0.2, 0.25) is 0 Å². The third kappa shape index (κ3) is 21.9. The van der Waals surface area contributed by atoms with Crippen LogP contribution in [-0.2, 0) is 19.5 Å². The fourth-order valence-electron chi connectivity index (χ4n) is 6.39. The summed E-state index contributed by atoms with van der Waals surface area (Å²) in [5.74, 6) is 1.59. The van der Waals surface area contributed by atoms with Gasteiger partial charge in [-0.15, -0.1) is 0 Å². The van der Waals surface area contributed by atoms with E-state index in [2.05, 4.69) is 42.3 Å². The van der Waals surface area contributed by atoms with Crippen LogP contribution in [0.15, 0.2) is 12.4 Å². The minimum atomic E-state index is 1.18. The Labute approximate surface area is 253 Å². The molecular formula is C38H75N2+. The lowest BCUT2D eigenvalue weighted by atomic mass is 10.0. The van der Waals surface area contributed by atoms with Crippen LogP contribution in [0.25, 0.3) is 0 Å². The van der Waals surface area contributed by atoms with Gasteiger partial charge in [0, 0.05) is 6.42 Å². The maximum Gasteiger partial charge on any atom is 0.256 e. The van der Waals surface area contributed by atoms with E-state index in [1.54, 1.807) is 5.82 Å². The third-order valence-corrected chi connectivity index (χ3v) is 9.06. The Kier molecular flexibility index (Phi) is 27.6. The first kappa shape index (κ1) is 37.2. The average molecular weight is 560 g/mol. The normalized spacial score (nSPS) is 11.6. The van der Waals surface area contributed by atoms with Crippen molar-refractivity contribution in [1.29, 1.82) is 0 Å². The Balaban J connectivity index is 2.02. The van der Waals surface area contributed by atoms with Gasteiger partial charge >= 0.3 is 0 Å². The van der Waals surface area contributed by atoms with Crippen LogP contribution in [0.1, 0.15) is 213 Å². The molecule has 2 heteroatoms. The summed E-state index contributed by atoms with van der Waals surface area (Å²) in [7, 11) is 0. The summed E-state index contributed by atoms with van der Waals surface area (Å²) in [6.45, 7) is 9.33. The van der Waals surface area contributed by atoms with Gasteiger partial charge in [0.1, 0.15) is 12.4 Å². The Hall–Kier alpha value is -0.790. The fraction of sp³-hybridized carbons (Fsp3) is 0.921. The number of imidazole rings is 1. The molecule has 0 aromatic carbocycles. The third-order valence-electron chi connectivity index (χ3n) is 9.06. The molecule has 0 saturated carbocycles. The number of nitrogens with zero attached hydrogens (tertiary/aromatic N) is 2. The van der Waals surface area contributed by atoms with Gasteiger partial charge in [-0.2, -0.15) is 0 Å². The maximum atomic E-state index is 2.59. The van der Waals surface area contributed by atoms with Crippen LogP contribution in [0, 0.1) is 0 Å². The van der Waals surface area contributed by atoms with Crippen molar-refractivity contribution in [3.8, 4) is 0 Å². The first-order valence-electron chi connectivity index (χ1n) is 18.9. The molecule has 0 bridgehead atoms. The Morgan fingerprint density at radius 1 is 0.425 bits per heavy atom. The Morgan fingerprint density at radius 3 is 1.15 bits per heavy atom. The average Bonchev–Trinajstić information content (AvgIpc) is 3.34. The number of rotatable bonds is 32. The summed E-state index contributed by atoms with van der Waals surface area (Å²) in [4.78, 5) is 0. The molecular weight excluding hydrogens is 484 g/mol. The molecule has 0 radical (unpaired) electrons. The van der Waals surface area contributed by atoms with E-state index in [4.69, 9.17) is 0 Å². The molecule has 0 aliphatic heterocycles. The van der Waals surface area contributed by atoms with E-state index in [1.165, 1.54) is 206 Å². The SMILES string of the molecule is CCCCCCCCCCCCCCCCCCCc1n(CCCCCCCCCCCCC)cc[n+]1CCC. The van der Waals surface area contributed by atoms with Crippen molar-refractivity contribution in [1.82, 2.24) is 4.57 Å². The molecule has 1 aromatic rings. The largest absolute Gasteiger partial charge is 0.256 e. The van der Waals surface area contributed by atoms with Crippen LogP contribution < -0.4 is 4.57 Å². The fourth-order valence-corrected chi connectivity index (χ4v) is 6.39. The molecule has 0 spiro atoms. The smallest absolute Gasteiger partial charge is 0.234 e. The highest BCUT2D eigenvalue weighted by molar-refractivity contribution is 4.84. The molecule has 0 unspecified atom stereocenters. The van der Waals surface area contributed by atoms with Gasteiger partial charge in [0.25, 0.3) is 5.82 Å². The van der Waals surface area contributed by atoms with Crippen LogP contribution in [0.5, 0.6) is 0 Å². The predicted molar refractivity (Wildman–Crippen MR) is 179 cm³/mol. The van der Waals surface area contributed by atoms with Gasteiger partial charge in [-0.25, -0.2) is 9.13 Å². The van der Waals surface area contributed by atoms with E-state index in [0.29, 0.717) is 0 Å². The van der Waals surface area contributed by atoms with Crippen molar-refractivity contribution in [3.63, 3.8) is 0 Å². The topological polar surface area (TPSA) is 8.81 Å². The number of aryl methyl sites for hydroxylation is 2. The van der Waals surface area contributed by atoms with Gasteiger partial charge < -0.3 is 0 Å². The van der Waals surface area contributed by atoms with E-state index in [-0.39, 0.29) is 0 Å². The van der Waals surface area contributed by atoms with Crippen molar-refractivity contribution in [2.24, 2.45) is 0 Å². The summed E-state index contributed by atoms with van der Waals surface area (Å²) in [5.41, 5.74) is 0. The molecule has 0 atom stereocenters. The number of hydrogen-bond acceptors (Lipinski definition) is 0. The van der Waals surface area contributed by atoms with Gasteiger partial charge in [-0.1, -0.05) is 181 Å². The lowest BCUT2D eigenvalue weighted by Crippen LogP contribution is -2.37. The Morgan fingerprint density at radius 2 is 0.775 bits per heavy atom. The van der Waals surface area contributed by atoms with Crippen LogP contribution in [0.4, 0.5) is 0 Å². The van der Waals surface area contributed by atoms with Gasteiger partial charge in [0.2, 0.25) is 0 Å². The lowest BCUT2D eigenvalue weighted by Gasteiger charge is -2.06. The van der Waals surface area contributed by atoms with E-state index in [9.17, 15) is 0 Å². The van der Waals surface area contributed by atoms with Gasteiger partial charge in [-0.05, 0) is 25.7 Å². The standard InChI is InChI=1S/C38H75N2/c1-4-7-9-11-13-15-17-18-19-20-21-22-23-25-27-29-31-33-38-39(34-6-3)36-37-40(38)35-32-30-28-26-24-16-14-12-10-8-5-2/h36-37H,4-35H2,1-3H3/q+1. The Bertz CT molecular complexity index is 619. The molecule has 1 heterocycles. The van der Waals surface area contributed by atoms with Crippen molar-refractivity contribution in [3.05, 3.63) is 18.2 Å². The lowest BCUT2D eigenvalue weighted by molar-refractivity contribution is -0.703. The molecule has 1 rings (SSSR count). The monoisotopic (exact) mass is 560 g/mol.